The summed E-state index contributed by atoms with van der Waals surface area (Å²) < 4.78 is 25.4. The highest BCUT2D eigenvalue weighted by Crippen LogP contribution is 2.42. The van der Waals surface area contributed by atoms with Gasteiger partial charge in [-0.3, -0.25) is 0 Å². The predicted octanol–water partition coefficient (Wildman–Crippen LogP) is 0.0534. The number of carbonyl (C=O) groups is 2. The molecule has 17 heavy (non-hydrogen) atoms. The van der Waals surface area contributed by atoms with Crippen LogP contribution in [0, 0.1) is 0 Å². The molecular formula is C10H12O7. The summed E-state index contributed by atoms with van der Waals surface area (Å²) in [7, 11) is 2.74. The molecule has 2 atom stereocenters. The molecule has 0 radical (unpaired) electrons. The third-order valence-electron chi connectivity index (χ3n) is 2.96. The molecule has 0 aromatic heterocycles. The van der Waals surface area contributed by atoms with Crippen molar-refractivity contribution in [1.29, 1.82) is 0 Å². The number of hydrogen-bond donors (Lipinski definition) is 0. The van der Waals surface area contributed by atoms with E-state index in [2.05, 4.69) is 4.74 Å². The van der Waals surface area contributed by atoms with E-state index in [0.717, 1.165) is 0 Å². The number of methoxy groups -OCH3 is 2. The molecule has 2 unspecified atom stereocenters. The molecule has 7 nitrogen and oxygen atoms in total. The lowest BCUT2D eigenvalue weighted by molar-refractivity contribution is -0.378. The van der Waals surface area contributed by atoms with Gasteiger partial charge in [-0.25, -0.2) is 9.59 Å². The fourth-order valence-electron chi connectivity index (χ4n) is 1.57. The summed E-state index contributed by atoms with van der Waals surface area (Å²) in [5.41, 5.74) is 0. The average Bonchev–Trinajstić information content (AvgIpc) is 2.55. The van der Waals surface area contributed by atoms with E-state index in [1.165, 1.54) is 28.1 Å². The monoisotopic (exact) mass is 244 g/mol. The van der Waals surface area contributed by atoms with Gasteiger partial charge in [0.2, 0.25) is 0 Å². The molecule has 0 aromatic rings. The molecule has 2 rings (SSSR count). The van der Waals surface area contributed by atoms with Crippen LogP contribution in [-0.4, -0.2) is 37.7 Å². The standard InChI is InChI=1S/C10H12O7/c1-9(13-3)10(2,14-4)17-6-5(16-9)7(11)15-8(6)12/h1-4H3. The van der Waals surface area contributed by atoms with Crippen LogP contribution in [0.1, 0.15) is 13.8 Å². The zero-order valence-corrected chi connectivity index (χ0v) is 9.86. The summed E-state index contributed by atoms with van der Waals surface area (Å²) in [5.74, 6) is -5.13. The van der Waals surface area contributed by atoms with Crippen LogP contribution in [-0.2, 0) is 33.3 Å². The summed E-state index contributed by atoms with van der Waals surface area (Å²) >= 11 is 0. The first-order valence-corrected chi connectivity index (χ1v) is 4.86. The Hall–Kier alpha value is -1.60. The summed E-state index contributed by atoms with van der Waals surface area (Å²) in [6, 6.07) is 0. The number of cyclic esters (lactones) is 2. The Morgan fingerprint density at radius 3 is 1.53 bits per heavy atom. The first-order chi connectivity index (χ1) is 7.87. The first-order valence-electron chi connectivity index (χ1n) is 4.86. The number of rotatable bonds is 2. The summed E-state index contributed by atoms with van der Waals surface area (Å²) in [5, 5.41) is 0. The van der Waals surface area contributed by atoms with Crippen LogP contribution in [0.15, 0.2) is 11.5 Å². The molecule has 0 saturated carbocycles. The van der Waals surface area contributed by atoms with Gasteiger partial charge in [-0.15, -0.1) is 0 Å². The van der Waals surface area contributed by atoms with Gasteiger partial charge in [0.1, 0.15) is 0 Å². The minimum Gasteiger partial charge on any atom is -0.444 e. The van der Waals surface area contributed by atoms with Gasteiger partial charge in [-0.05, 0) is 0 Å². The minimum absolute atomic E-state index is 0.297. The number of carbonyl (C=O) groups excluding carboxylic acids is 2. The van der Waals surface area contributed by atoms with Crippen LogP contribution in [0.2, 0.25) is 0 Å². The Labute approximate surface area is 97.2 Å². The van der Waals surface area contributed by atoms with Crippen molar-refractivity contribution in [3.8, 4) is 0 Å². The van der Waals surface area contributed by atoms with E-state index in [-0.39, 0.29) is 11.5 Å². The Bertz CT molecular complexity index is 388. The van der Waals surface area contributed by atoms with Crippen molar-refractivity contribution >= 4 is 11.9 Å². The van der Waals surface area contributed by atoms with Crippen molar-refractivity contribution < 1.29 is 33.3 Å². The summed E-state index contributed by atoms with van der Waals surface area (Å²) in [6.07, 6.45) is 0. The largest absolute Gasteiger partial charge is 0.444 e. The molecule has 0 spiro atoms. The molecule has 2 aliphatic rings. The maximum atomic E-state index is 11.3. The van der Waals surface area contributed by atoms with E-state index in [1.807, 2.05) is 0 Å². The molecule has 0 aliphatic carbocycles. The lowest BCUT2D eigenvalue weighted by Crippen LogP contribution is -2.58. The number of hydrogen-bond acceptors (Lipinski definition) is 7. The van der Waals surface area contributed by atoms with E-state index in [9.17, 15) is 9.59 Å². The molecule has 2 aliphatic heterocycles. The molecule has 2 heterocycles. The van der Waals surface area contributed by atoms with E-state index in [0.29, 0.717) is 0 Å². The van der Waals surface area contributed by atoms with Gasteiger partial charge >= 0.3 is 11.9 Å². The minimum atomic E-state index is -1.37. The number of esters is 2. The van der Waals surface area contributed by atoms with Crippen LogP contribution in [0.4, 0.5) is 0 Å². The highest BCUT2D eigenvalue weighted by molar-refractivity contribution is 6.10. The van der Waals surface area contributed by atoms with Crippen molar-refractivity contribution in [1.82, 2.24) is 0 Å². The highest BCUT2D eigenvalue weighted by atomic mass is 16.8. The smallest absolute Gasteiger partial charge is 0.385 e. The van der Waals surface area contributed by atoms with Gasteiger partial charge in [-0.1, -0.05) is 0 Å². The van der Waals surface area contributed by atoms with E-state index in [1.54, 1.807) is 0 Å². The van der Waals surface area contributed by atoms with Crippen LogP contribution in [0.3, 0.4) is 0 Å². The second kappa shape index (κ2) is 3.44. The second-order valence-electron chi connectivity index (χ2n) is 3.84. The topological polar surface area (TPSA) is 80.3 Å². The van der Waals surface area contributed by atoms with Gasteiger partial charge in [0.05, 0.1) is 0 Å². The first kappa shape index (κ1) is 11.9. The maximum absolute atomic E-state index is 11.3. The summed E-state index contributed by atoms with van der Waals surface area (Å²) in [4.78, 5) is 22.6. The quantitative estimate of drug-likeness (QED) is 0.501. The molecular weight excluding hydrogens is 232 g/mol. The third-order valence-corrected chi connectivity index (χ3v) is 2.96. The molecule has 94 valence electrons. The third kappa shape index (κ3) is 1.43. The van der Waals surface area contributed by atoms with Crippen molar-refractivity contribution in [2.24, 2.45) is 0 Å². The Morgan fingerprint density at radius 1 is 0.882 bits per heavy atom. The fourth-order valence-corrected chi connectivity index (χ4v) is 1.57. The molecule has 0 amide bonds. The van der Waals surface area contributed by atoms with Gasteiger partial charge in [0.15, 0.2) is 0 Å². The molecule has 0 fully saturated rings. The number of ether oxygens (including phenoxy) is 5. The molecule has 0 aromatic carbocycles. The van der Waals surface area contributed by atoms with E-state index >= 15 is 0 Å². The van der Waals surface area contributed by atoms with Gasteiger partial charge in [0, 0.05) is 28.1 Å². The summed E-state index contributed by atoms with van der Waals surface area (Å²) in [6.45, 7) is 3.05. The van der Waals surface area contributed by atoms with Gasteiger partial charge in [-0.2, -0.15) is 0 Å². The van der Waals surface area contributed by atoms with Crippen LogP contribution < -0.4 is 0 Å². The zero-order valence-electron chi connectivity index (χ0n) is 9.86. The lowest BCUT2D eigenvalue weighted by Gasteiger charge is -2.44. The fraction of sp³-hybridized carbons (Fsp3) is 0.600. The van der Waals surface area contributed by atoms with Gasteiger partial charge < -0.3 is 23.7 Å². The van der Waals surface area contributed by atoms with Crippen LogP contribution in [0.25, 0.3) is 0 Å². The lowest BCUT2D eigenvalue weighted by atomic mass is 10.1. The van der Waals surface area contributed by atoms with Crippen molar-refractivity contribution in [3.05, 3.63) is 11.5 Å². The van der Waals surface area contributed by atoms with Gasteiger partial charge in [0.25, 0.3) is 23.1 Å². The van der Waals surface area contributed by atoms with Crippen LogP contribution in [0.5, 0.6) is 0 Å². The molecule has 7 heteroatoms. The average molecular weight is 244 g/mol. The van der Waals surface area contributed by atoms with Crippen molar-refractivity contribution in [3.63, 3.8) is 0 Å². The van der Waals surface area contributed by atoms with Crippen LogP contribution >= 0.6 is 0 Å². The second-order valence-corrected chi connectivity index (χ2v) is 3.84. The Morgan fingerprint density at radius 2 is 1.24 bits per heavy atom. The predicted molar refractivity (Wildman–Crippen MR) is 51.1 cm³/mol. The molecule has 0 saturated heterocycles. The Kier molecular flexibility index (Phi) is 2.41. The van der Waals surface area contributed by atoms with E-state index < -0.39 is 23.5 Å². The molecule has 0 N–H and O–H groups in total. The van der Waals surface area contributed by atoms with Crippen molar-refractivity contribution in [2.75, 3.05) is 14.2 Å². The zero-order chi connectivity index (χ0) is 12.8. The molecule has 0 bridgehead atoms. The van der Waals surface area contributed by atoms with E-state index in [4.69, 9.17) is 18.9 Å². The maximum Gasteiger partial charge on any atom is 0.385 e. The normalized spacial score (nSPS) is 36.2. The van der Waals surface area contributed by atoms with Crippen molar-refractivity contribution in [2.45, 2.75) is 25.4 Å². The SMILES string of the molecule is COC1(C)OC2=C(OC1(C)OC)C(=O)OC2=O. The highest BCUT2D eigenvalue weighted by Gasteiger charge is 2.59. The Balaban J connectivity index is 2.48.